The summed E-state index contributed by atoms with van der Waals surface area (Å²) in [5.41, 5.74) is 5.60. The molecule has 1 aliphatic rings. The first-order valence-electron chi connectivity index (χ1n) is 15.2. The predicted molar refractivity (Wildman–Crippen MR) is 175 cm³/mol. The molecular formula is C37H34N6O3. The van der Waals surface area contributed by atoms with Crippen molar-refractivity contribution in [1.82, 2.24) is 30.0 Å². The number of carbonyl (C=O) groups is 2. The van der Waals surface area contributed by atoms with Gasteiger partial charge in [-0.2, -0.15) is 0 Å². The number of fused-ring (bicyclic) bond motifs is 1. The Hall–Kier alpha value is -5.70. The quantitative estimate of drug-likeness (QED) is 0.201. The third kappa shape index (κ3) is 7.32. The van der Waals surface area contributed by atoms with Crippen molar-refractivity contribution in [2.75, 3.05) is 13.7 Å². The van der Waals surface area contributed by atoms with Crippen LogP contribution in [0.4, 0.5) is 0 Å². The van der Waals surface area contributed by atoms with Gasteiger partial charge < -0.3 is 14.5 Å². The van der Waals surface area contributed by atoms with E-state index in [1.165, 1.54) is 18.7 Å². The highest BCUT2D eigenvalue weighted by atomic mass is 16.5. The fourth-order valence-electron chi connectivity index (χ4n) is 5.59. The van der Waals surface area contributed by atoms with E-state index in [1.807, 2.05) is 71.6 Å². The third-order valence-electron chi connectivity index (χ3n) is 8.06. The second kappa shape index (κ2) is 14.4. The van der Waals surface area contributed by atoms with E-state index in [9.17, 15) is 9.59 Å². The monoisotopic (exact) mass is 610 g/mol. The van der Waals surface area contributed by atoms with E-state index in [0.717, 1.165) is 28.7 Å². The molecule has 5 aromatic rings. The molecule has 2 aromatic heterocycles. The average Bonchev–Trinajstić information content (AvgIpc) is 3.13. The number of ether oxygens (including phenoxy) is 1. The van der Waals surface area contributed by atoms with Gasteiger partial charge in [-0.25, -0.2) is 9.97 Å². The van der Waals surface area contributed by atoms with Crippen LogP contribution in [0.5, 0.6) is 5.88 Å². The summed E-state index contributed by atoms with van der Waals surface area (Å²) in [6, 6.07) is 30.3. The average molecular weight is 611 g/mol. The Morgan fingerprint density at radius 1 is 0.848 bits per heavy atom. The minimum atomic E-state index is -0.746. The predicted octanol–water partition coefficient (Wildman–Crippen LogP) is 5.18. The van der Waals surface area contributed by atoms with Gasteiger partial charge in [-0.3, -0.25) is 9.59 Å². The van der Waals surface area contributed by atoms with Crippen LogP contribution in [0, 0.1) is 0 Å². The van der Waals surface area contributed by atoms with Crippen molar-refractivity contribution in [3.8, 4) is 17.3 Å². The Labute approximate surface area is 268 Å². The summed E-state index contributed by atoms with van der Waals surface area (Å²) in [6.07, 6.45) is 7.62. The Balaban J connectivity index is 1.34. The molecule has 46 heavy (non-hydrogen) atoms. The largest absolute Gasteiger partial charge is 0.480 e. The minimum Gasteiger partial charge on any atom is -0.480 e. The molecule has 0 unspecified atom stereocenters. The maximum Gasteiger partial charge on any atom is 0.247 e. The van der Waals surface area contributed by atoms with E-state index < -0.39 is 6.04 Å². The molecule has 0 aliphatic carbocycles. The molecule has 0 fully saturated rings. The van der Waals surface area contributed by atoms with Gasteiger partial charge in [-0.15, -0.1) is 10.2 Å². The zero-order valence-electron chi connectivity index (χ0n) is 25.6. The van der Waals surface area contributed by atoms with Crippen LogP contribution in [0.3, 0.4) is 0 Å². The fourth-order valence-corrected chi connectivity index (χ4v) is 5.59. The lowest BCUT2D eigenvalue weighted by Crippen LogP contribution is -2.52. The van der Waals surface area contributed by atoms with Crippen molar-refractivity contribution >= 4 is 17.9 Å². The van der Waals surface area contributed by atoms with E-state index in [-0.39, 0.29) is 18.4 Å². The lowest BCUT2D eigenvalue weighted by molar-refractivity contribution is -0.144. The van der Waals surface area contributed by atoms with Crippen LogP contribution in [0.15, 0.2) is 116 Å². The molecule has 9 heteroatoms. The van der Waals surface area contributed by atoms with Crippen molar-refractivity contribution in [1.29, 1.82) is 0 Å². The summed E-state index contributed by atoms with van der Waals surface area (Å²) >= 11 is 0. The topological polar surface area (TPSA) is 101 Å². The van der Waals surface area contributed by atoms with E-state index in [0.29, 0.717) is 36.9 Å². The van der Waals surface area contributed by atoms with Crippen molar-refractivity contribution in [3.05, 3.63) is 143 Å². The van der Waals surface area contributed by atoms with E-state index in [1.54, 1.807) is 41.6 Å². The van der Waals surface area contributed by atoms with Crippen LogP contribution in [0.25, 0.3) is 17.5 Å². The van der Waals surface area contributed by atoms with Crippen LogP contribution in [0.1, 0.15) is 27.9 Å². The normalized spacial score (nSPS) is 13.2. The van der Waals surface area contributed by atoms with Gasteiger partial charge in [-0.1, -0.05) is 78.9 Å². The highest BCUT2D eigenvalue weighted by Gasteiger charge is 2.34. The lowest BCUT2D eigenvalue weighted by atomic mass is 9.97. The molecule has 0 radical (unpaired) electrons. The first-order chi connectivity index (χ1) is 22.6. The summed E-state index contributed by atoms with van der Waals surface area (Å²) in [6.45, 7) is 1.32. The maximum absolute atomic E-state index is 14.5. The molecule has 3 aromatic carbocycles. The first-order valence-corrected chi connectivity index (χ1v) is 15.2. The number of hydrogen-bond donors (Lipinski definition) is 0. The number of amides is 2. The SMILES string of the molecule is COc1ccc(C=CC(=O)N(Cc2ccc(-c3ncccn3)cc2)[C@@H](Cc2ccccc2)C(=O)N2CCc3ccccc3C2)nn1. The molecule has 0 saturated heterocycles. The van der Waals surface area contributed by atoms with Crippen LogP contribution in [0.2, 0.25) is 0 Å². The number of hydrogen-bond acceptors (Lipinski definition) is 7. The van der Waals surface area contributed by atoms with Gasteiger partial charge in [-0.05, 0) is 46.9 Å². The second-order valence-corrected chi connectivity index (χ2v) is 11.1. The molecule has 1 aliphatic heterocycles. The summed E-state index contributed by atoms with van der Waals surface area (Å²) < 4.78 is 5.11. The Morgan fingerprint density at radius 3 is 2.30 bits per heavy atom. The number of rotatable bonds is 10. The molecular weight excluding hydrogens is 576 g/mol. The van der Waals surface area contributed by atoms with Crippen molar-refractivity contribution < 1.29 is 14.3 Å². The molecule has 2 amide bonds. The smallest absolute Gasteiger partial charge is 0.247 e. The molecule has 230 valence electrons. The van der Waals surface area contributed by atoms with Crippen molar-refractivity contribution in [3.63, 3.8) is 0 Å². The number of nitrogens with zero attached hydrogens (tertiary/aromatic N) is 6. The van der Waals surface area contributed by atoms with Crippen molar-refractivity contribution in [2.45, 2.75) is 32.0 Å². The number of benzene rings is 3. The molecule has 6 rings (SSSR count). The minimum absolute atomic E-state index is 0.0846. The molecule has 0 bridgehead atoms. The van der Waals surface area contributed by atoms with Gasteiger partial charge in [0.2, 0.25) is 17.7 Å². The van der Waals surface area contributed by atoms with Gasteiger partial charge in [0.25, 0.3) is 0 Å². The Morgan fingerprint density at radius 2 is 1.59 bits per heavy atom. The number of carbonyl (C=O) groups excluding carboxylic acids is 2. The lowest BCUT2D eigenvalue weighted by Gasteiger charge is -2.37. The van der Waals surface area contributed by atoms with E-state index in [2.05, 4.69) is 32.3 Å². The van der Waals surface area contributed by atoms with Gasteiger partial charge in [0, 0.05) is 56.2 Å². The van der Waals surface area contributed by atoms with Crippen LogP contribution >= 0.6 is 0 Å². The maximum atomic E-state index is 14.5. The first kappa shape index (κ1) is 30.3. The highest BCUT2D eigenvalue weighted by Crippen LogP contribution is 2.24. The summed E-state index contributed by atoms with van der Waals surface area (Å²) in [7, 11) is 1.52. The fraction of sp³-hybridized carbons (Fsp3) is 0.189. The zero-order valence-corrected chi connectivity index (χ0v) is 25.6. The van der Waals surface area contributed by atoms with Crippen molar-refractivity contribution in [2.24, 2.45) is 0 Å². The third-order valence-corrected chi connectivity index (χ3v) is 8.06. The van der Waals surface area contributed by atoms with Crippen LogP contribution in [-0.2, 0) is 35.5 Å². The van der Waals surface area contributed by atoms with Gasteiger partial charge in [0.05, 0.1) is 12.8 Å². The van der Waals surface area contributed by atoms with Gasteiger partial charge in [0.1, 0.15) is 6.04 Å². The number of aromatic nitrogens is 4. The summed E-state index contributed by atoms with van der Waals surface area (Å²) in [4.78, 5) is 40.8. The standard InChI is InChI=1S/C37H34N6O3/c1-46-34-18-16-32(40-41-34)17-19-35(44)43(25-28-12-14-30(15-13-28)36-38-21-7-22-39-36)33(24-27-8-3-2-4-9-27)37(45)42-23-20-29-10-5-6-11-31(29)26-42/h2-19,21-22,33H,20,23-26H2,1H3/t33-/m0/s1. The molecule has 9 nitrogen and oxygen atoms in total. The molecule has 0 spiro atoms. The molecule has 0 saturated carbocycles. The molecule has 1 atom stereocenters. The van der Waals surface area contributed by atoms with Crippen LogP contribution < -0.4 is 4.74 Å². The second-order valence-electron chi connectivity index (χ2n) is 11.1. The molecule has 3 heterocycles. The van der Waals surface area contributed by atoms with Gasteiger partial charge in [0.15, 0.2) is 5.82 Å². The molecule has 0 N–H and O–H groups in total. The highest BCUT2D eigenvalue weighted by molar-refractivity contribution is 5.95. The summed E-state index contributed by atoms with van der Waals surface area (Å²) in [5.74, 6) is 0.609. The Bertz CT molecular complexity index is 1800. The Kier molecular flexibility index (Phi) is 9.49. The van der Waals surface area contributed by atoms with Crippen LogP contribution in [-0.4, -0.2) is 61.5 Å². The van der Waals surface area contributed by atoms with E-state index >= 15 is 0 Å². The number of methoxy groups -OCH3 is 1. The zero-order chi connectivity index (χ0) is 31.7. The van der Waals surface area contributed by atoms with Gasteiger partial charge >= 0.3 is 0 Å². The van der Waals surface area contributed by atoms with E-state index in [4.69, 9.17) is 4.74 Å². The summed E-state index contributed by atoms with van der Waals surface area (Å²) in [5, 5.41) is 8.13.